The van der Waals surface area contributed by atoms with Crippen molar-refractivity contribution in [2.75, 3.05) is 4.43 Å². The van der Waals surface area contributed by atoms with E-state index < -0.39 is 23.2 Å². The van der Waals surface area contributed by atoms with Gasteiger partial charge >= 0.3 is 5.97 Å². The molecule has 0 saturated carbocycles. The molecule has 5 atom stereocenters. The normalized spacial score (nSPS) is 42.8. The largest absolute Gasteiger partial charge is 0.453 e. The molecule has 3 rings (SSSR count). The van der Waals surface area contributed by atoms with Gasteiger partial charge in [0, 0.05) is 10.3 Å². The van der Waals surface area contributed by atoms with Crippen LogP contribution < -0.4 is 5.32 Å². The molecule has 2 fully saturated rings. The van der Waals surface area contributed by atoms with Crippen LogP contribution in [0.3, 0.4) is 0 Å². The summed E-state index contributed by atoms with van der Waals surface area (Å²) < 4.78 is 6.20. The highest BCUT2D eigenvalue weighted by Gasteiger charge is 2.79. The summed E-state index contributed by atoms with van der Waals surface area (Å²) in [5, 5.41) is 13.6. The van der Waals surface area contributed by atoms with E-state index in [0.717, 1.165) is 23.7 Å². The topological polar surface area (TPSA) is 75.6 Å². The monoisotopic (exact) mass is 405 g/mol. The Kier molecular flexibility index (Phi) is 3.80. The van der Waals surface area contributed by atoms with Crippen molar-refractivity contribution in [2.24, 2.45) is 11.8 Å². The Balaban J connectivity index is 1.94. The number of esters is 1. The molecule has 2 saturated heterocycles. The second-order valence-electron chi connectivity index (χ2n) is 6.29. The van der Waals surface area contributed by atoms with Crippen LogP contribution in [0.1, 0.15) is 32.6 Å². The molecule has 0 bridgehead atoms. The third kappa shape index (κ3) is 1.91. The van der Waals surface area contributed by atoms with Gasteiger partial charge in [0.15, 0.2) is 5.60 Å². The third-order valence-electron chi connectivity index (χ3n) is 5.25. The first-order valence-corrected chi connectivity index (χ1v) is 8.96. The fourth-order valence-electron chi connectivity index (χ4n) is 3.99. The number of rotatable bonds is 4. The van der Waals surface area contributed by atoms with E-state index in [-0.39, 0.29) is 17.7 Å². The Morgan fingerprint density at radius 2 is 2.33 bits per heavy atom. The van der Waals surface area contributed by atoms with Crippen LogP contribution in [0.2, 0.25) is 0 Å². The van der Waals surface area contributed by atoms with Gasteiger partial charge in [0.25, 0.3) is 0 Å². The second-order valence-corrected chi connectivity index (χ2v) is 7.37. The van der Waals surface area contributed by atoms with Gasteiger partial charge in [-0.3, -0.25) is 4.79 Å². The number of carbonyl (C=O) groups is 2. The summed E-state index contributed by atoms with van der Waals surface area (Å²) in [6.45, 7) is 1.78. The van der Waals surface area contributed by atoms with E-state index in [9.17, 15) is 14.7 Å². The molecule has 0 unspecified atom stereocenters. The molecule has 0 spiro atoms. The summed E-state index contributed by atoms with van der Waals surface area (Å²) in [6.07, 6.45) is 6.54. The smallest absolute Gasteiger partial charge is 0.339 e. The van der Waals surface area contributed by atoms with Gasteiger partial charge in [-0.05, 0) is 32.6 Å². The van der Waals surface area contributed by atoms with Gasteiger partial charge in [0.1, 0.15) is 0 Å². The van der Waals surface area contributed by atoms with Gasteiger partial charge in [-0.25, -0.2) is 4.79 Å². The number of hydrogen-bond donors (Lipinski definition) is 2. The zero-order chi connectivity index (χ0) is 15.3. The number of carbonyl (C=O) groups excluding carboxylic acids is 2. The molecule has 5 nitrogen and oxygen atoms in total. The number of allylic oxidation sites excluding steroid dienone is 1. The molecule has 6 heteroatoms. The van der Waals surface area contributed by atoms with Crippen LogP contribution in [0, 0.1) is 11.8 Å². The van der Waals surface area contributed by atoms with E-state index in [1.807, 2.05) is 12.2 Å². The molecule has 21 heavy (non-hydrogen) atoms. The van der Waals surface area contributed by atoms with E-state index in [1.165, 1.54) is 0 Å². The van der Waals surface area contributed by atoms with Crippen LogP contribution in [-0.2, 0) is 14.3 Å². The predicted molar refractivity (Wildman–Crippen MR) is 84.9 cm³/mol. The zero-order valence-corrected chi connectivity index (χ0v) is 14.1. The number of ether oxygens (including phenoxy) is 1. The highest BCUT2D eigenvalue weighted by atomic mass is 127. The van der Waals surface area contributed by atoms with Crippen molar-refractivity contribution in [2.45, 2.75) is 49.9 Å². The second kappa shape index (κ2) is 5.22. The molecule has 3 aliphatic rings. The summed E-state index contributed by atoms with van der Waals surface area (Å²) in [5.41, 5.74) is -2.20. The van der Waals surface area contributed by atoms with Crippen LogP contribution in [0.4, 0.5) is 0 Å². The highest BCUT2D eigenvalue weighted by molar-refractivity contribution is 14.1. The average Bonchev–Trinajstić information content (AvgIpc) is 2.65. The molecule has 0 aromatic heterocycles. The number of halogens is 1. The lowest BCUT2D eigenvalue weighted by Gasteiger charge is -2.54. The van der Waals surface area contributed by atoms with Gasteiger partial charge < -0.3 is 15.2 Å². The third-order valence-corrected chi connectivity index (χ3v) is 5.87. The number of amides is 1. The van der Waals surface area contributed by atoms with Crippen molar-refractivity contribution in [3.8, 4) is 0 Å². The summed E-state index contributed by atoms with van der Waals surface area (Å²) in [7, 11) is 0. The maximum atomic E-state index is 12.3. The quantitative estimate of drug-likeness (QED) is 0.320. The van der Waals surface area contributed by atoms with Crippen LogP contribution in [0.25, 0.3) is 0 Å². The van der Waals surface area contributed by atoms with E-state index in [0.29, 0.717) is 6.42 Å². The molecule has 1 aliphatic carbocycles. The predicted octanol–water partition coefficient (Wildman–Crippen LogP) is 1.33. The minimum atomic E-state index is -1.27. The van der Waals surface area contributed by atoms with Crippen LogP contribution in [-0.4, -0.2) is 38.7 Å². The highest BCUT2D eigenvalue weighted by Crippen LogP contribution is 2.53. The zero-order valence-electron chi connectivity index (χ0n) is 12.0. The lowest BCUT2D eigenvalue weighted by molar-refractivity contribution is -0.238. The van der Waals surface area contributed by atoms with Crippen LogP contribution in [0.15, 0.2) is 12.2 Å². The molecule has 2 N–H and O–H groups in total. The lowest BCUT2D eigenvalue weighted by atomic mass is 9.64. The number of hydrogen-bond acceptors (Lipinski definition) is 4. The number of aliphatic hydroxyl groups excluding tert-OH is 1. The molecule has 2 heterocycles. The van der Waals surface area contributed by atoms with Crippen molar-refractivity contribution in [3.63, 3.8) is 0 Å². The molecular weight excluding hydrogens is 385 g/mol. The Morgan fingerprint density at radius 3 is 2.90 bits per heavy atom. The van der Waals surface area contributed by atoms with E-state index in [1.54, 1.807) is 6.92 Å². The molecule has 0 aromatic rings. The van der Waals surface area contributed by atoms with Gasteiger partial charge in [-0.2, -0.15) is 0 Å². The van der Waals surface area contributed by atoms with Gasteiger partial charge in [-0.15, -0.1) is 0 Å². The number of nitrogens with one attached hydrogen (secondary N) is 1. The van der Waals surface area contributed by atoms with Crippen molar-refractivity contribution < 1.29 is 19.4 Å². The van der Waals surface area contributed by atoms with Crippen molar-refractivity contribution in [3.05, 3.63) is 12.2 Å². The van der Waals surface area contributed by atoms with E-state index in [4.69, 9.17) is 4.74 Å². The number of aliphatic hydroxyl groups is 1. The Morgan fingerprint density at radius 1 is 1.57 bits per heavy atom. The lowest BCUT2D eigenvalue weighted by Crippen LogP contribution is -2.80. The average molecular weight is 405 g/mol. The fourth-order valence-corrected chi connectivity index (χ4v) is 4.61. The Hall–Kier alpha value is -0.630. The fraction of sp³-hybridized carbons (Fsp3) is 0.733. The first-order valence-electron chi connectivity index (χ1n) is 7.43. The number of fused-ring (bicyclic) bond motifs is 1. The van der Waals surface area contributed by atoms with Crippen molar-refractivity contribution >= 4 is 34.5 Å². The van der Waals surface area contributed by atoms with Gasteiger partial charge in [0.2, 0.25) is 11.4 Å². The summed E-state index contributed by atoms with van der Waals surface area (Å²) in [5.74, 6) is -1.17. The van der Waals surface area contributed by atoms with Crippen LogP contribution in [0.5, 0.6) is 0 Å². The number of alkyl halides is 1. The first-order chi connectivity index (χ1) is 9.97. The molecule has 116 valence electrons. The molecule has 0 radical (unpaired) electrons. The summed E-state index contributed by atoms with van der Waals surface area (Å²) in [6, 6.07) is 0. The van der Waals surface area contributed by atoms with E-state index >= 15 is 0 Å². The SMILES string of the molecule is C[C@@]12OC(=O)[C@]1([C@@H](O)[C@H]1C=CCCC1)NC(=O)[C@@H]2CCI. The van der Waals surface area contributed by atoms with Crippen LogP contribution >= 0.6 is 22.6 Å². The minimum Gasteiger partial charge on any atom is -0.453 e. The maximum Gasteiger partial charge on any atom is 0.339 e. The summed E-state index contributed by atoms with van der Waals surface area (Å²) >= 11 is 2.21. The Bertz CT molecular complexity index is 508. The summed E-state index contributed by atoms with van der Waals surface area (Å²) in [4.78, 5) is 24.5. The molecular formula is C15H20INO4. The molecule has 2 aliphatic heterocycles. The first kappa shape index (κ1) is 15.3. The van der Waals surface area contributed by atoms with Crippen molar-refractivity contribution in [1.29, 1.82) is 0 Å². The molecule has 1 amide bonds. The van der Waals surface area contributed by atoms with Gasteiger partial charge in [0.05, 0.1) is 12.0 Å². The Labute approximate surface area is 137 Å². The standard InChI is InChI=1S/C15H20INO4/c1-14-10(7-8-16)12(19)17-15(14,13(20)21-14)11(18)9-5-3-2-4-6-9/h3,5,9-11,18H,2,4,6-8H2,1H3,(H,17,19)/t9-,10-,11-,14-,15-/m0/s1. The van der Waals surface area contributed by atoms with Crippen molar-refractivity contribution in [1.82, 2.24) is 5.32 Å². The minimum absolute atomic E-state index is 0.107. The molecule has 0 aromatic carbocycles. The van der Waals surface area contributed by atoms with Gasteiger partial charge in [-0.1, -0.05) is 34.7 Å². The van der Waals surface area contributed by atoms with E-state index in [2.05, 4.69) is 27.9 Å². The maximum absolute atomic E-state index is 12.3.